The van der Waals surface area contributed by atoms with Gasteiger partial charge in [0.15, 0.2) is 5.16 Å². The minimum atomic E-state index is -0.398. The largest absolute Gasteiger partial charge is 0.443 e. The van der Waals surface area contributed by atoms with Gasteiger partial charge in [-0.25, -0.2) is 4.98 Å². The summed E-state index contributed by atoms with van der Waals surface area (Å²) in [5.41, 5.74) is 1.78. The van der Waals surface area contributed by atoms with Crippen molar-refractivity contribution in [1.82, 2.24) is 15.3 Å². The molecule has 2 aromatic heterocycles. The van der Waals surface area contributed by atoms with Crippen LogP contribution < -0.4 is 10.6 Å². The van der Waals surface area contributed by atoms with E-state index in [1.54, 1.807) is 31.2 Å². The van der Waals surface area contributed by atoms with E-state index in [1.165, 1.54) is 11.8 Å². The number of nitrogens with zero attached hydrogens (tertiary/aromatic N) is 2. The Kier molecular flexibility index (Phi) is 6.22. The Labute approximate surface area is 173 Å². The standard InChI is InChI=1S/C21H24N4O3S/c1-11(2)22-18(26)14(5)29-21-24-17(16-12(3)13(4)28-20(16)25-21)23-19(27)15-9-7-6-8-10-15/h6-11,14H,1-5H3,(H,22,26)(H,23,24,25,27)/t14-/m1/s1. The van der Waals surface area contributed by atoms with Crippen molar-refractivity contribution in [2.45, 2.75) is 51.1 Å². The maximum atomic E-state index is 12.7. The number of carbonyl (C=O) groups excluding carboxylic acids is 2. The van der Waals surface area contributed by atoms with Gasteiger partial charge in [0.1, 0.15) is 11.6 Å². The van der Waals surface area contributed by atoms with Crippen molar-refractivity contribution >= 4 is 40.5 Å². The van der Waals surface area contributed by atoms with Gasteiger partial charge in [-0.3, -0.25) is 9.59 Å². The zero-order valence-electron chi connectivity index (χ0n) is 17.1. The summed E-state index contributed by atoms with van der Waals surface area (Å²) >= 11 is 1.22. The fourth-order valence-electron chi connectivity index (χ4n) is 2.76. The Morgan fingerprint density at radius 1 is 1.07 bits per heavy atom. The molecule has 0 saturated carbocycles. The van der Waals surface area contributed by atoms with Gasteiger partial charge in [0.05, 0.1) is 10.6 Å². The number of amides is 2. The highest BCUT2D eigenvalue weighted by molar-refractivity contribution is 8.00. The number of thioether (sulfide) groups is 1. The summed E-state index contributed by atoms with van der Waals surface area (Å²) in [4.78, 5) is 33.9. The summed E-state index contributed by atoms with van der Waals surface area (Å²) in [6.07, 6.45) is 0. The topological polar surface area (TPSA) is 97.1 Å². The molecule has 3 aromatic rings. The number of aromatic nitrogens is 2. The lowest BCUT2D eigenvalue weighted by molar-refractivity contribution is -0.120. The van der Waals surface area contributed by atoms with Crippen molar-refractivity contribution in [3.8, 4) is 0 Å². The number of benzene rings is 1. The second kappa shape index (κ2) is 8.65. The van der Waals surface area contributed by atoms with Crippen LogP contribution in [0, 0.1) is 13.8 Å². The fraction of sp³-hybridized carbons (Fsp3) is 0.333. The van der Waals surface area contributed by atoms with Crippen LogP contribution in [0.3, 0.4) is 0 Å². The summed E-state index contributed by atoms with van der Waals surface area (Å²) in [6.45, 7) is 9.34. The lowest BCUT2D eigenvalue weighted by atomic mass is 10.2. The summed E-state index contributed by atoms with van der Waals surface area (Å²) in [5.74, 6) is 0.704. The van der Waals surface area contributed by atoms with E-state index in [0.29, 0.717) is 33.4 Å². The van der Waals surface area contributed by atoms with Crippen molar-refractivity contribution in [1.29, 1.82) is 0 Å². The molecule has 29 heavy (non-hydrogen) atoms. The first kappa shape index (κ1) is 20.9. The number of anilines is 1. The highest BCUT2D eigenvalue weighted by Crippen LogP contribution is 2.32. The molecule has 0 fully saturated rings. The summed E-state index contributed by atoms with van der Waals surface area (Å²) < 4.78 is 5.76. The highest BCUT2D eigenvalue weighted by atomic mass is 32.2. The lowest BCUT2D eigenvalue weighted by Crippen LogP contribution is -2.35. The average Bonchev–Trinajstić information content (AvgIpc) is 2.95. The second-order valence-corrected chi connectivity index (χ2v) is 8.37. The number of hydrogen-bond acceptors (Lipinski definition) is 6. The molecule has 1 atom stereocenters. The minimum Gasteiger partial charge on any atom is -0.443 e. The SMILES string of the molecule is Cc1oc2nc(S[C@H](C)C(=O)NC(C)C)nc(NC(=O)c3ccccc3)c2c1C. The van der Waals surface area contributed by atoms with Crippen molar-refractivity contribution in [2.75, 3.05) is 5.32 Å². The van der Waals surface area contributed by atoms with Crippen LogP contribution in [0.15, 0.2) is 39.9 Å². The number of hydrogen-bond donors (Lipinski definition) is 2. The predicted octanol–water partition coefficient (Wildman–Crippen LogP) is 4.10. The maximum Gasteiger partial charge on any atom is 0.256 e. The first-order chi connectivity index (χ1) is 13.8. The third-order valence-electron chi connectivity index (χ3n) is 4.36. The van der Waals surface area contributed by atoms with Crippen LogP contribution in [0.25, 0.3) is 11.1 Å². The Balaban J connectivity index is 1.95. The van der Waals surface area contributed by atoms with E-state index in [-0.39, 0.29) is 17.9 Å². The van der Waals surface area contributed by atoms with E-state index >= 15 is 0 Å². The predicted molar refractivity (Wildman–Crippen MR) is 114 cm³/mol. The van der Waals surface area contributed by atoms with Crippen LogP contribution >= 0.6 is 11.8 Å². The van der Waals surface area contributed by atoms with Crippen LogP contribution in [0.4, 0.5) is 5.82 Å². The molecule has 0 aliphatic rings. The Bertz CT molecular complexity index is 1050. The smallest absolute Gasteiger partial charge is 0.256 e. The summed E-state index contributed by atoms with van der Waals surface area (Å²) in [7, 11) is 0. The molecule has 1 aromatic carbocycles. The molecule has 2 heterocycles. The zero-order valence-corrected chi connectivity index (χ0v) is 17.9. The van der Waals surface area contributed by atoms with Crippen LogP contribution in [0.5, 0.6) is 0 Å². The van der Waals surface area contributed by atoms with E-state index in [4.69, 9.17) is 4.42 Å². The highest BCUT2D eigenvalue weighted by Gasteiger charge is 2.22. The number of fused-ring (bicyclic) bond motifs is 1. The maximum absolute atomic E-state index is 12.7. The minimum absolute atomic E-state index is 0.0463. The monoisotopic (exact) mass is 412 g/mol. The molecular weight excluding hydrogens is 388 g/mol. The number of carbonyl (C=O) groups is 2. The van der Waals surface area contributed by atoms with Gasteiger partial charge in [-0.05, 0) is 46.8 Å². The zero-order chi connectivity index (χ0) is 21.1. The molecule has 0 radical (unpaired) electrons. The number of aryl methyl sites for hydroxylation is 2. The molecule has 0 unspecified atom stereocenters. The summed E-state index contributed by atoms with van der Waals surface area (Å²) in [5, 5.41) is 6.37. The molecule has 0 aliphatic heterocycles. The normalized spacial score (nSPS) is 12.2. The first-order valence-corrected chi connectivity index (χ1v) is 10.3. The van der Waals surface area contributed by atoms with Gasteiger partial charge in [-0.15, -0.1) is 0 Å². The molecular formula is C21H24N4O3S. The van der Waals surface area contributed by atoms with Crippen molar-refractivity contribution in [3.05, 3.63) is 47.2 Å². The Hall–Kier alpha value is -2.87. The van der Waals surface area contributed by atoms with Gasteiger partial charge in [0, 0.05) is 17.2 Å². The lowest BCUT2D eigenvalue weighted by Gasteiger charge is -2.14. The molecule has 0 saturated heterocycles. The molecule has 152 valence electrons. The van der Waals surface area contributed by atoms with Crippen LogP contribution in [-0.4, -0.2) is 33.1 Å². The van der Waals surface area contributed by atoms with Crippen LogP contribution in [0.2, 0.25) is 0 Å². The Morgan fingerprint density at radius 2 is 1.76 bits per heavy atom. The van der Waals surface area contributed by atoms with Gasteiger partial charge < -0.3 is 15.1 Å². The van der Waals surface area contributed by atoms with Crippen molar-refractivity contribution < 1.29 is 14.0 Å². The van der Waals surface area contributed by atoms with E-state index in [9.17, 15) is 9.59 Å². The first-order valence-electron chi connectivity index (χ1n) is 9.37. The Morgan fingerprint density at radius 3 is 2.41 bits per heavy atom. The van der Waals surface area contributed by atoms with Crippen molar-refractivity contribution in [2.24, 2.45) is 0 Å². The van der Waals surface area contributed by atoms with Crippen molar-refractivity contribution in [3.63, 3.8) is 0 Å². The van der Waals surface area contributed by atoms with E-state index in [2.05, 4.69) is 20.6 Å². The van der Waals surface area contributed by atoms with E-state index in [1.807, 2.05) is 33.8 Å². The van der Waals surface area contributed by atoms with Gasteiger partial charge in [-0.2, -0.15) is 4.98 Å². The van der Waals surface area contributed by atoms with Gasteiger partial charge in [0.25, 0.3) is 5.91 Å². The number of rotatable bonds is 6. The second-order valence-electron chi connectivity index (χ2n) is 7.06. The van der Waals surface area contributed by atoms with Gasteiger partial charge in [0.2, 0.25) is 11.6 Å². The quantitative estimate of drug-likeness (QED) is 0.467. The van der Waals surface area contributed by atoms with Gasteiger partial charge in [-0.1, -0.05) is 30.0 Å². The third-order valence-corrected chi connectivity index (χ3v) is 5.32. The molecule has 7 nitrogen and oxygen atoms in total. The van der Waals surface area contributed by atoms with E-state index < -0.39 is 5.25 Å². The van der Waals surface area contributed by atoms with Crippen LogP contribution in [-0.2, 0) is 4.79 Å². The molecule has 2 N–H and O–H groups in total. The molecule has 3 rings (SSSR count). The summed E-state index contributed by atoms with van der Waals surface area (Å²) in [6, 6.07) is 8.96. The average molecular weight is 413 g/mol. The molecule has 0 aliphatic carbocycles. The number of nitrogens with one attached hydrogen (secondary N) is 2. The molecule has 0 bridgehead atoms. The number of furan rings is 1. The van der Waals surface area contributed by atoms with E-state index in [0.717, 1.165) is 5.56 Å². The molecule has 0 spiro atoms. The van der Waals surface area contributed by atoms with Gasteiger partial charge >= 0.3 is 0 Å². The fourth-order valence-corrected chi connectivity index (χ4v) is 3.53. The molecule has 2 amide bonds. The molecule has 8 heteroatoms. The van der Waals surface area contributed by atoms with Crippen LogP contribution in [0.1, 0.15) is 42.5 Å². The third kappa shape index (κ3) is 4.76.